The van der Waals surface area contributed by atoms with Gasteiger partial charge >= 0.3 is 5.97 Å². The van der Waals surface area contributed by atoms with Gasteiger partial charge in [0.1, 0.15) is 13.2 Å². The number of nitrogens with zero attached hydrogens (tertiary/aromatic N) is 1. The number of likely N-dealkylation sites (N-methyl/N-ethyl adjacent to an activating group) is 1. The number of carbonyl (C=O) groups excluding carboxylic acids is 2. The van der Waals surface area contributed by atoms with Crippen LogP contribution in [0.15, 0.2) is 0 Å². The molecule has 2 N–H and O–H groups in total. The highest BCUT2D eigenvalue weighted by Gasteiger charge is 2.22. The lowest BCUT2D eigenvalue weighted by molar-refractivity contribution is -0.870. The van der Waals surface area contributed by atoms with Gasteiger partial charge in [-0.05, 0) is 12.8 Å². The van der Waals surface area contributed by atoms with E-state index in [0.29, 0.717) is 19.4 Å². The molecule has 0 aliphatic carbocycles. The van der Waals surface area contributed by atoms with Crippen molar-refractivity contribution < 1.29 is 31.2 Å². The quantitative estimate of drug-likeness (QED) is 0.407. The Balaban J connectivity index is 0. The van der Waals surface area contributed by atoms with E-state index >= 15 is 0 Å². The molecule has 0 rings (SSSR count). The van der Waals surface area contributed by atoms with Crippen LogP contribution in [-0.4, -0.2) is 50.7 Å². The monoisotopic (exact) mass is 294 g/mol. The summed E-state index contributed by atoms with van der Waals surface area (Å²) in [4.78, 5) is 22.8. The van der Waals surface area contributed by atoms with Crippen molar-refractivity contribution >= 4 is 11.9 Å². The van der Waals surface area contributed by atoms with Crippen molar-refractivity contribution in [2.45, 2.75) is 26.7 Å². The fraction of sp³-hybridized carbons (Fsp3) is 0.846. The van der Waals surface area contributed by atoms with E-state index in [1.54, 1.807) is 6.92 Å². The third-order valence-corrected chi connectivity index (χ3v) is 2.94. The average molecular weight is 295 g/mol. The molecule has 0 aromatic rings. The predicted molar refractivity (Wildman–Crippen MR) is 70.6 cm³/mol. The van der Waals surface area contributed by atoms with Gasteiger partial charge < -0.3 is 27.4 Å². The van der Waals surface area contributed by atoms with Gasteiger partial charge in [-0.15, -0.1) is 0 Å². The van der Waals surface area contributed by atoms with Crippen LogP contribution in [0.25, 0.3) is 0 Å². The number of amides is 1. The van der Waals surface area contributed by atoms with Gasteiger partial charge in [-0.25, -0.2) is 0 Å². The van der Waals surface area contributed by atoms with Crippen molar-refractivity contribution in [2.24, 2.45) is 17.6 Å². The molecule has 0 saturated heterocycles. The molecule has 19 heavy (non-hydrogen) atoms. The van der Waals surface area contributed by atoms with E-state index in [1.165, 1.54) is 0 Å². The second-order valence-electron chi connectivity index (χ2n) is 5.83. The molecule has 1 amide bonds. The zero-order valence-electron chi connectivity index (χ0n) is 12.6. The largest absolute Gasteiger partial charge is 1.00 e. The first-order chi connectivity index (χ1) is 8.17. The second-order valence-corrected chi connectivity index (χ2v) is 5.83. The Morgan fingerprint density at radius 2 is 1.79 bits per heavy atom. The number of quaternary nitrogens is 1. The average Bonchev–Trinajstić information content (AvgIpc) is 2.22. The standard InChI is InChI=1S/C13H26N2O3.ClH/c1-6-11(12(14)16)9-10(2)13(17)18-8-7-15(3,4)5;/h10-11H,6-9H2,1-5H3,(H-,14,16);1H. The summed E-state index contributed by atoms with van der Waals surface area (Å²) in [6, 6.07) is 0. The van der Waals surface area contributed by atoms with E-state index in [9.17, 15) is 9.59 Å². The molecule has 0 aromatic carbocycles. The maximum Gasteiger partial charge on any atom is 0.308 e. The zero-order valence-corrected chi connectivity index (χ0v) is 13.4. The van der Waals surface area contributed by atoms with Crippen molar-refractivity contribution in [3.05, 3.63) is 0 Å². The van der Waals surface area contributed by atoms with Gasteiger partial charge in [0.25, 0.3) is 0 Å². The van der Waals surface area contributed by atoms with E-state index in [-0.39, 0.29) is 36.1 Å². The summed E-state index contributed by atoms with van der Waals surface area (Å²) in [6.07, 6.45) is 1.13. The van der Waals surface area contributed by atoms with Crippen molar-refractivity contribution in [1.29, 1.82) is 0 Å². The van der Waals surface area contributed by atoms with Gasteiger partial charge in [0, 0.05) is 5.92 Å². The molecule has 0 heterocycles. The number of nitrogens with two attached hydrogens (primary N) is 1. The van der Waals surface area contributed by atoms with Crippen LogP contribution < -0.4 is 18.1 Å². The molecule has 0 aliphatic heterocycles. The molecular weight excluding hydrogens is 268 g/mol. The maximum absolute atomic E-state index is 11.7. The number of carbonyl (C=O) groups is 2. The zero-order chi connectivity index (χ0) is 14.3. The van der Waals surface area contributed by atoms with Crippen LogP contribution in [-0.2, 0) is 14.3 Å². The van der Waals surface area contributed by atoms with Crippen molar-refractivity contribution in [3.63, 3.8) is 0 Å². The van der Waals surface area contributed by atoms with Crippen molar-refractivity contribution in [1.82, 2.24) is 0 Å². The van der Waals surface area contributed by atoms with Crippen LogP contribution in [0.1, 0.15) is 26.7 Å². The highest BCUT2D eigenvalue weighted by Crippen LogP contribution is 2.16. The molecule has 0 aromatic heterocycles. The summed E-state index contributed by atoms with van der Waals surface area (Å²) < 4.78 is 5.95. The van der Waals surface area contributed by atoms with Crippen LogP contribution in [0.2, 0.25) is 0 Å². The topological polar surface area (TPSA) is 69.4 Å². The fourth-order valence-electron chi connectivity index (χ4n) is 1.57. The molecule has 2 atom stereocenters. The lowest BCUT2D eigenvalue weighted by Crippen LogP contribution is -3.00. The Morgan fingerprint density at radius 1 is 1.26 bits per heavy atom. The summed E-state index contributed by atoms with van der Waals surface area (Å²) in [5.74, 6) is -1.12. The molecule has 0 aliphatic rings. The van der Waals surface area contributed by atoms with Crippen LogP contribution in [0, 0.1) is 11.8 Å². The summed E-state index contributed by atoms with van der Waals surface area (Å²) in [7, 11) is 6.12. The summed E-state index contributed by atoms with van der Waals surface area (Å²) in [6.45, 7) is 4.84. The lowest BCUT2D eigenvalue weighted by Gasteiger charge is -2.24. The van der Waals surface area contributed by atoms with Crippen LogP contribution in [0.4, 0.5) is 0 Å². The third-order valence-electron chi connectivity index (χ3n) is 2.94. The minimum absolute atomic E-state index is 0. The molecule has 0 spiro atoms. The van der Waals surface area contributed by atoms with E-state index in [2.05, 4.69) is 0 Å². The van der Waals surface area contributed by atoms with E-state index in [1.807, 2.05) is 28.1 Å². The SMILES string of the molecule is CCC(CC(C)C(=O)OCC[N+](C)(C)C)C(N)=O.[Cl-]. The Kier molecular flexibility index (Phi) is 9.88. The molecule has 0 fully saturated rings. The van der Waals surface area contributed by atoms with Crippen molar-refractivity contribution in [2.75, 3.05) is 34.3 Å². The van der Waals surface area contributed by atoms with E-state index in [4.69, 9.17) is 10.5 Å². The minimum atomic E-state index is -0.344. The van der Waals surface area contributed by atoms with Crippen molar-refractivity contribution in [3.8, 4) is 0 Å². The van der Waals surface area contributed by atoms with Crippen LogP contribution >= 0.6 is 0 Å². The fourth-order valence-corrected chi connectivity index (χ4v) is 1.57. The number of halogens is 1. The molecule has 114 valence electrons. The molecule has 0 bridgehead atoms. The highest BCUT2D eigenvalue weighted by molar-refractivity contribution is 5.78. The Morgan fingerprint density at radius 3 is 2.16 bits per heavy atom. The number of ether oxygens (including phenoxy) is 1. The summed E-state index contributed by atoms with van der Waals surface area (Å²) >= 11 is 0. The number of primary amides is 1. The summed E-state index contributed by atoms with van der Waals surface area (Å²) in [5, 5.41) is 0. The number of rotatable bonds is 8. The predicted octanol–water partition coefficient (Wildman–Crippen LogP) is -2.22. The van der Waals surface area contributed by atoms with Gasteiger partial charge in [0.2, 0.25) is 5.91 Å². The molecule has 0 radical (unpaired) electrons. The molecule has 5 nitrogen and oxygen atoms in total. The molecular formula is C13H27ClN2O3. The Labute approximate surface area is 122 Å². The number of hydrogen-bond donors (Lipinski definition) is 1. The molecule has 0 saturated carbocycles. The first-order valence-corrected chi connectivity index (χ1v) is 6.43. The Hall–Kier alpha value is -0.810. The van der Waals surface area contributed by atoms with Gasteiger partial charge in [0.15, 0.2) is 0 Å². The van der Waals surface area contributed by atoms with Crippen LogP contribution in [0.5, 0.6) is 0 Å². The number of hydrogen-bond acceptors (Lipinski definition) is 3. The van der Waals surface area contributed by atoms with Crippen LogP contribution in [0.3, 0.4) is 0 Å². The molecule has 2 unspecified atom stereocenters. The second kappa shape index (κ2) is 9.15. The summed E-state index contributed by atoms with van der Waals surface area (Å²) in [5.41, 5.74) is 5.26. The highest BCUT2D eigenvalue weighted by atomic mass is 35.5. The van der Waals surface area contributed by atoms with Gasteiger partial charge in [-0.1, -0.05) is 13.8 Å². The minimum Gasteiger partial charge on any atom is -1.00 e. The van der Waals surface area contributed by atoms with E-state index < -0.39 is 0 Å². The molecule has 6 heteroatoms. The van der Waals surface area contributed by atoms with Gasteiger partial charge in [0.05, 0.1) is 27.1 Å². The first-order valence-electron chi connectivity index (χ1n) is 6.43. The smallest absolute Gasteiger partial charge is 0.308 e. The third kappa shape index (κ3) is 9.73. The van der Waals surface area contributed by atoms with E-state index in [0.717, 1.165) is 11.0 Å². The van der Waals surface area contributed by atoms with Gasteiger partial charge in [-0.3, -0.25) is 9.59 Å². The maximum atomic E-state index is 11.7. The lowest BCUT2D eigenvalue weighted by atomic mass is 9.93. The van der Waals surface area contributed by atoms with Gasteiger partial charge in [-0.2, -0.15) is 0 Å². The normalized spacial score (nSPS) is 14.2. The Bertz CT molecular complexity index is 290. The first kappa shape index (κ1) is 20.5. The number of esters is 1.